The van der Waals surface area contributed by atoms with E-state index in [4.69, 9.17) is 4.74 Å². The minimum Gasteiger partial charge on any atom is -0.379 e. The van der Waals surface area contributed by atoms with E-state index in [1.807, 2.05) is 0 Å². The zero-order chi connectivity index (χ0) is 18.5. The number of para-hydroxylation sites is 1. The first-order valence-electron chi connectivity index (χ1n) is 9.98. The van der Waals surface area contributed by atoms with Crippen molar-refractivity contribution in [3.05, 3.63) is 29.3 Å². The lowest BCUT2D eigenvalue weighted by Gasteiger charge is -2.39. The number of aryl methyl sites for hydroxylation is 1. The van der Waals surface area contributed by atoms with E-state index in [0.717, 1.165) is 63.5 Å². The average molecular weight is 360 g/mol. The van der Waals surface area contributed by atoms with E-state index >= 15 is 0 Å². The van der Waals surface area contributed by atoms with E-state index in [0.29, 0.717) is 18.5 Å². The molecule has 1 amide bonds. The number of rotatable bonds is 5. The first-order valence-corrected chi connectivity index (χ1v) is 9.98. The Labute approximate surface area is 157 Å². The molecule has 2 aliphatic heterocycles. The molecule has 0 unspecified atom stereocenters. The van der Waals surface area contributed by atoms with Crippen LogP contribution in [-0.4, -0.2) is 67.7 Å². The van der Waals surface area contributed by atoms with Gasteiger partial charge in [0.2, 0.25) is 5.91 Å². The van der Waals surface area contributed by atoms with Gasteiger partial charge in [-0.05, 0) is 36.8 Å². The molecule has 2 saturated heterocycles. The summed E-state index contributed by atoms with van der Waals surface area (Å²) in [5.41, 5.74) is 3.34. The van der Waals surface area contributed by atoms with Crippen LogP contribution in [0.15, 0.2) is 18.2 Å². The van der Waals surface area contributed by atoms with Crippen molar-refractivity contribution in [2.45, 2.75) is 45.6 Å². The van der Waals surface area contributed by atoms with Gasteiger partial charge in [0, 0.05) is 37.9 Å². The van der Waals surface area contributed by atoms with Crippen molar-refractivity contribution in [2.75, 3.05) is 51.3 Å². The number of nitrogens with one attached hydrogen (secondary N) is 1. The van der Waals surface area contributed by atoms with Crippen molar-refractivity contribution in [1.29, 1.82) is 0 Å². The summed E-state index contributed by atoms with van der Waals surface area (Å²) in [6.45, 7) is 12.7. The Morgan fingerprint density at radius 3 is 2.54 bits per heavy atom. The molecule has 0 aromatic heterocycles. The monoisotopic (exact) mass is 359 g/mol. The molecule has 1 aromatic carbocycles. The summed E-state index contributed by atoms with van der Waals surface area (Å²) in [6, 6.07) is 6.90. The van der Waals surface area contributed by atoms with Gasteiger partial charge in [0.1, 0.15) is 0 Å². The number of morpholine rings is 1. The summed E-state index contributed by atoms with van der Waals surface area (Å²) < 4.78 is 5.45. The van der Waals surface area contributed by atoms with Crippen LogP contribution in [0.2, 0.25) is 0 Å². The number of carbonyl (C=O) groups excluding carboxylic acids is 1. The maximum atomic E-state index is 12.6. The Kier molecular flexibility index (Phi) is 6.68. The number of amides is 1. The summed E-state index contributed by atoms with van der Waals surface area (Å²) >= 11 is 0. The highest BCUT2D eigenvalue weighted by Gasteiger charge is 2.26. The van der Waals surface area contributed by atoms with Crippen molar-refractivity contribution in [3.63, 3.8) is 0 Å². The van der Waals surface area contributed by atoms with E-state index in [1.165, 1.54) is 5.56 Å². The molecule has 3 rings (SSSR count). The Morgan fingerprint density at radius 2 is 1.88 bits per heavy atom. The van der Waals surface area contributed by atoms with E-state index in [1.54, 1.807) is 0 Å². The van der Waals surface area contributed by atoms with Crippen LogP contribution < -0.4 is 5.32 Å². The maximum Gasteiger partial charge on any atom is 0.238 e. The molecule has 2 heterocycles. The molecule has 144 valence electrons. The second kappa shape index (κ2) is 8.98. The fraction of sp³-hybridized carbons (Fsp3) is 0.667. The normalized spacial score (nSPS) is 20.5. The molecule has 0 radical (unpaired) electrons. The predicted octanol–water partition coefficient (Wildman–Crippen LogP) is 2.85. The third-order valence-electron chi connectivity index (χ3n) is 5.68. The molecule has 0 saturated carbocycles. The summed E-state index contributed by atoms with van der Waals surface area (Å²) in [7, 11) is 0. The van der Waals surface area contributed by atoms with Crippen LogP contribution in [-0.2, 0) is 9.53 Å². The van der Waals surface area contributed by atoms with Crippen molar-refractivity contribution in [1.82, 2.24) is 9.80 Å². The van der Waals surface area contributed by atoms with Crippen molar-refractivity contribution < 1.29 is 9.53 Å². The molecule has 5 nitrogen and oxygen atoms in total. The summed E-state index contributed by atoms with van der Waals surface area (Å²) in [4.78, 5) is 17.5. The molecular formula is C21H33N3O2. The maximum absolute atomic E-state index is 12.6. The zero-order valence-corrected chi connectivity index (χ0v) is 16.5. The Bertz CT molecular complexity index is 603. The van der Waals surface area contributed by atoms with Crippen molar-refractivity contribution in [3.8, 4) is 0 Å². The number of carbonyl (C=O) groups is 1. The highest BCUT2D eigenvalue weighted by atomic mass is 16.5. The van der Waals surface area contributed by atoms with E-state index in [2.05, 4.69) is 54.1 Å². The minimum absolute atomic E-state index is 0.103. The molecular weight excluding hydrogens is 326 g/mol. The second-order valence-corrected chi connectivity index (χ2v) is 7.90. The summed E-state index contributed by atoms with van der Waals surface area (Å²) in [6.07, 6.45) is 2.30. The number of piperidine rings is 1. The highest BCUT2D eigenvalue weighted by molar-refractivity contribution is 5.93. The number of hydrogen-bond acceptors (Lipinski definition) is 4. The molecule has 26 heavy (non-hydrogen) atoms. The molecule has 0 spiro atoms. The number of ether oxygens (including phenoxy) is 1. The van der Waals surface area contributed by atoms with Gasteiger partial charge in [0.15, 0.2) is 0 Å². The lowest BCUT2D eigenvalue weighted by atomic mass is 9.98. The van der Waals surface area contributed by atoms with Crippen LogP contribution in [0, 0.1) is 6.92 Å². The quantitative estimate of drug-likeness (QED) is 0.878. The van der Waals surface area contributed by atoms with Gasteiger partial charge in [-0.2, -0.15) is 0 Å². The van der Waals surface area contributed by atoms with Gasteiger partial charge >= 0.3 is 0 Å². The van der Waals surface area contributed by atoms with Crippen molar-refractivity contribution in [2.24, 2.45) is 0 Å². The van der Waals surface area contributed by atoms with E-state index in [-0.39, 0.29) is 5.91 Å². The standard InChI is InChI=1S/C21H33N3O2/c1-16(2)19-6-4-5-17(3)21(19)22-20(25)15-23-9-7-18(8-10-23)24-11-13-26-14-12-24/h4-6,16,18H,7-15H2,1-3H3,(H,22,25). The molecule has 5 heteroatoms. The molecule has 1 aromatic rings. The largest absolute Gasteiger partial charge is 0.379 e. The van der Waals surface area contributed by atoms with Gasteiger partial charge < -0.3 is 10.1 Å². The van der Waals surface area contributed by atoms with E-state index in [9.17, 15) is 4.79 Å². The fourth-order valence-corrected chi connectivity index (χ4v) is 4.11. The lowest BCUT2D eigenvalue weighted by molar-refractivity contribution is -0.117. The predicted molar refractivity (Wildman–Crippen MR) is 106 cm³/mol. The van der Waals surface area contributed by atoms with Gasteiger partial charge in [-0.15, -0.1) is 0 Å². The number of benzene rings is 1. The molecule has 2 fully saturated rings. The van der Waals surface area contributed by atoms with E-state index < -0.39 is 0 Å². The van der Waals surface area contributed by atoms with Gasteiger partial charge in [-0.25, -0.2) is 0 Å². The smallest absolute Gasteiger partial charge is 0.238 e. The Balaban J connectivity index is 1.50. The lowest BCUT2D eigenvalue weighted by Crippen LogP contribution is -2.50. The Hall–Kier alpha value is -1.43. The van der Waals surface area contributed by atoms with Crippen molar-refractivity contribution >= 4 is 11.6 Å². The topological polar surface area (TPSA) is 44.8 Å². The third-order valence-corrected chi connectivity index (χ3v) is 5.68. The van der Waals surface area contributed by atoms with Crippen LogP contribution in [0.25, 0.3) is 0 Å². The molecule has 1 N–H and O–H groups in total. The summed E-state index contributed by atoms with van der Waals surface area (Å²) in [5, 5.41) is 3.17. The number of hydrogen-bond donors (Lipinski definition) is 1. The number of nitrogens with zero attached hydrogens (tertiary/aromatic N) is 2. The summed E-state index contributed by atoms with van der Waals surface area (Å²) in [5.74, 6) is 0.500. The van der Waals surface area contributed by atoms with Gasteiger partial charge in [0.25, 0.3) is 0 Å². The van der Waals surface area contributed by atoms with Crippen LogP contribution in [0.4, 0.5) is 5.69 Å². The average Bonchev–Trinajstić information content (AvgIpc) is 2.64. The first-order chi connectivity index (χ1) is 12.5. The van der Waals surface area contributed by atoms with Crippen LogP contribution in [0.5, 0.6) is 0 Å². The minimum atomic E-state index is 0.103. The van der Waals surface area contributed by atoms with Crippen LogP contribution in [0.1, 0.15) is 43.7 Å². The number of anilines is 1. The molecule has 2 aliphatic rings. The molecule has 0 aliphatic carbocycles. The molecule has 0 atom stereocenters. The Morgan fingerprint density at radius 1 is 1.19 bits per heavy atom. The highest BCUT2D eigenvalue weighted by Crippen LogP contribution is 2.27. The SMILES string of the molecule is Cc1cccc(C(C)C)c1NC(=O)CN1CCC(N2CCOCC2)CC1. The second-order valence-electron chi connectivity index (χ2n) is 7.90. The van der Waals surface area contributed by atoms with Gasteiger partial charge in [0.05, 0.1) is 19.8 Å². The zero-order valence-electron chi connectivity index (χ0n) is 16.5. The van der Waals surface area contributed by atoms with Gasteiger partial charge in [-0.3, -0.25) is 14.6 Å². The van der Waals surface area contributed by atoms with Crippen LogP contribution in [0.3, 0.4) is 0 Å². The van der Waals surface area contributed by atoms with Crippen LogP contribution >= 0.6 is 0 Å². The molecule has 0 bridgehead atoms. The van der Waals surface area contributed by atoms with Gasteiger partial charge in [-0.1, -0.05) is 32.0 Å². The fourth-order valence-electron chi connectivity index (χ4n) is 4.11. The first kappa shape index (κ1) is 19.3. The number of likely N-dealkylation sites (tertiary alicyclic amines) is 1. The third kappa shape index (κ3) is 4.84.